The van der Waals surface area contributed by atoms with Gasteiger partial charge >= 0.3 is 0 Å². The molecule has 1 aromatic rings. The SMILES string of the molecule is CC(C)[C@@H]1C(=O)N[C@@H](C)C(=O)N1Cc1ccc(F)cc1. The standard InChI is InChI=1S/C15H19FN2O2/c1-9(2)13-14(19)17-10(3)15(20)18(13)8-11-4-6-12(16)7-5-11/h4-7,9-10,13H,8H2,1-3H3,(H,17,19)/t10-,13+/m0/s1. The Balaban J connectivity index is 2.26. The van der Waals surface area contributed by atoms with Crippen molar-refractivity contribution in [1.82, 2.24) is 10.2 Å². The first-order valence-electron chi connectivity index (χ1n) is 6.75. The molecular formula is C15H19FN2O2. The smallest absolute Gasteiger partial charge is 0.245 e. The summed E-state index contributed by atoms with van der Waals surface area (Å²) < 4.78 is 12.9. The van der Waals surface area contributed by atoms with E-state index in [1.165, 1.54) is 12.1 Å². The van der Waals surface area contributed by atoms with Gasteiger partial charge in [-0.3, -0.25) is 9.59 Å². The average molecular weight is 278 g/mol. The van der Waals surface area contributed by atoms with Crippen molar-refractivity contribution in [3.63, 3.8) is 0 Å². The molecule has 108 valence electrons. The minimum Gasteiger partial charge on any atom is -0.343 e. The number of rotatable bonds is 3. The molecule has 0 spiro atoms. The van der Waals surface area contributed by atoms with E-state index in [4.69, 9.17) is 0 Å². The largest absolute Gasteiger partial charge is 0.343 e. The number of benzene rings is 1. The summed E-state index contributed by atoms with van der Waals surface area (Å²) in [4.78, 5) is 26.0. The summed E-state index contributed by atoms with van der Waals surface area (Å²) in [6.07, 6.45) is 0. The van der Waals surface area contributed by atoms with Crippen LogP contribution in [0.3, 0.4) is 0 Å². The molecule has 1 heterocycles. The van der Waals surface area contributed by atoms with Crippen LogP contribution in [0, 0.1) is 11.7 Å². The fourth-order valence-electron chi connectivity index (χ4n) is 2.51. The van der Waals surface area contributed by atoms with Crippen LogP contribution in [0.4, 0.5) is 4.39 Å². The lowest BCUT2D eigenvalue weighted by molar-refractivity contribution is -0.151. The van der Waals surface area contributed by atoms with E-state index in [0.717, 1.165) is 5.56 Å². The van der Waals surface area contributed by atoms with Gasteiger partial charge in [-0.2, -0.15) is 0 Å². The van der Waals surface area contributed by atoms with E-state index in [2.05, 4.69) is 5.32 Å². The summed E-state index contributed by atoms with van der Waals surface area (Å²) >= 11 is 0. The van der Waals surface area contributed by atoms with Crippen LogP contribution in [0.25, 0.3) is 0 Å². The van der Waals surface area contributed by atoms with Crippen molar-refractivity contribution in [2.24, 2.45) is 5.92 Å². The maximum Gasteiger partial charge on any atom is 0.245 e. The molecule has 1 aliphatic heterocycles. The molecule has 20 heavy (non-hydrogen) atoms. The molecule has 2 atom stereocenters. The minimum atomic E-state index is -0.516. The highest BCUT2D eigenvalue weighted by Crippen LogP contribution is 2.20. The Morgan fingerprint density at radius 3 is 2.40 bits per heavy atom. The third-order valence-corrected chi connectivity index (χ3v) is 3.51. The van der Waals surface area contributed by atoms with Crippen LogP contribution in [-0.4, -0.2) is 28.8 Å². The first kappa shape index (κ1) is 14.5. The van der Waals surface area contributed by atoms with Crippen LogP contribution in [0.1, 0.15) is 26.3 Å². The average Bonchev–Trinajstić information content (AvgIpc) is 2.37. The van der Waals surface area contributed by atoms with Crippen molar-refractivity contribution in [2.75, 3.05) is 0 Å². The van der Waals surface area contributed by atoms with Gasteiger partial charge < -0.3 is 10.2 Å². The van der Waals surface area contributed by atoms with Crippen LogP contribution in [0.2, 0.25) is 0 Å². The molecule has 0 aliphatic carbocycles. The van der Waals surface area contributed by atoms with Crippen molar-refractivity contribution in [2.45, 2.75) is 39.4 Å². The predicted molar refractivity (Wildman–Crippen MR) is 73.2 cm³/mol. The van der Waals surface area contributed by atoms with E-state index in [-0.39, 0.29) is 23.5 Å². The molecule has 0 bridgehead atoms. The molecule has 1 N–H and O–H groups in total. The predicted octanol–water partition coefficient (Wildman–Crippen LogP) is 1.70. The monoisotopic (exact) mass is 278 g/mol. The summed E-state index contributed by atoms with van der Waals surface area (Å²) in [5.41, 5.74) is 0.812. The number of carbonyl (C=O) groups excluding carboxylic acids is 2. The minimum absolute atomic E-state index is 0.0203. The zero-order valence-corrected chi connectivity index (χ0v) is 11.9. The van der Waals surface area contributed by atoms with Gasteiger partial charge in [-0.25, -0.2) is 4.39 Å². The van der Waals surface area contributed by atoms with Gasteiger partial charge in [0.15, 0.2) is 0 Å². The van der Waals surface area contributed by atoms with Crippen molar-refractivity contribution in [3.8, 4) is 0 Å². The zero-order valence-electron chi connectivity index (χ0n) is 11.9. The van der Waals surface area contributed by atoms with Gasteiger partial charge in [0.1, 0.15) is 17.9 Å². The fraction of sp³-hybridized carbons (Fsp3) is 0.467. The van der Waals surface area contributed by atoms with Crippen LogP contribution in [-0.2, 0) is 16.1 Å². The number of hydrogen-bond acceptors (Lipinski definition) is 2. The highest BCUT2D eigenvalue weighted by molar-refractivity contribution is 5.96. The van der Waals surface area contributed by atoms with Gasteiger partial charge in [0.05, 0.1) is 0 Å². The molecule has 5 heteroatoms. The van der Waals surface area contributed by atoms with Crippen molar-refractivity contribution in [3.05, 3.63) is 35.6 Å². The Labute approximate surface area is 118 Å². The van der Waals surface area contributed by atoms with Crippen molar-refractivity contribution in [1.29, 1.82) is 0 Å². The second-order valence-corrected chi connectivity index (χ2v) is 5.51. The third-order valence-electron chi connectivity index (χ3n) is 3.51. The highest BCUT2D eigenvalue weighted by Gasteiger charge is 2.39. The van der Waals surface area contributed by atoms with Crippen LogP contribution in [0.5, 0.6) is 0 Å². The fourth-order valence-corrected chi connectivity index (χ4v) is 2.51. The molecule has 0 saturated carbocycles. The number of piperazine rings is 1. The van der Waals surface area contributed by atoms with Crippen LogP contribution < -0.4 is 5.32 Å². The lowest BCUT2D eigenvalue weighted by Crippen LogP contribution is -2.63. The molecule has 2 rings (SSSR count). The van der Waals surface area contributed by atoms with Gasteiger partial charge in [0.2, 0.25) is 11.8 Å². The van der Waals surface area contributed by atoms with Gasteiger partial charge in [-0.15, -0.1) is 0 Å². The summed E-state index contributed by atoms with van der Waals surface area (Å²) in [7, 11) is 0. The Morgan fingerprint density at radius 1 is 1.25 bits per heavy atom. The van der Waals surface area contributed by atoms with Crippen LogP contribution in [0.15, 0.2) is 24.3 Å². The Bertz CT molecular complexity index is 513. The molecule has 0 radical (unpaired) electrons. The molecule has 2 amide bonds. The van der Waals surface area contributed by atoms with Crippen molar-refractivity contribution >= 4 is 11.8 Å². The number of carbonyl (C=O) groups is 2. The van der Waals surface area contributed by atoms with Crippen LogP contribution >= 0.6 is 0 Å². The van der Waals surface area contributed by atoms with Crippen molar-refractivity contribution < 1.29 is 14.0 Å². The Hall–Kier alpha value is -1.91. The molecule has 1 aliphatic rings. The molecule has 4 nitrogen and oxygen atoms in total. The molecule has 0 unspecified atom stereocenters. The first-order valence-corrected chi connectivity index (χ1v) is 6.75. The van der Waals surface area contributed by atoms with E-state index >= 15 is 0 Å². The number of halogens is 1. The molecule has 1 aromatic carbocycles. The lowest BCUT2D eigenvalue weighted by Gasteiger charge is -2.40. The summed E-state index contributed by atoms with van der Waals surface area (Å²) in [5.74, 6) is -0.529. The number of amides is 2. The van der Waals surface area contributed by atoms with Gasteiger partial charge in [0, 0.05) is 6.54 Å². The Morgan fingerprint density at radius 2 is 1.85 bits per heavy atom. The molecule has 1 saturated heterocycles. The highest BCUT2D eigenvalue weighted by atomic mass is 19.1. The maximum atomic E-state index is 12.9. The second-order valence-electron chi connectivity index (χ2n) is 5.51. The molecule has 0 aromatic heterocycles. The topological polar surface area (TPSA) is 49.4 Å². The van der Waals surface area contributed by atoms with Gasteiger partial charge in [-0.05, 0) is 30.5 Å². The molecular weight excluding hydrogens is 259 g/mol. The van der Waals surface area contributed by atoms with E-state index in [1.807, 2.05) is 13.8 Å². The summed E-state index contributed by atoms with van der Waals surface area (Å²) in [6.45, 7) is 5.81. The lowest BCUT2D eigenvalue weighted by atomic mass is 9.96. The van der Waals surface area contributed by atoms with E-state index < -0.39 is 12.1 Å². The van der Waals surface area contributed by atoms with Gasteiger partial charge in [-0.1, -0.05) is 26.0 Å². The number of hydrogen-bond donors (Lipinski definition) is 1. The Kier molecular flexibility index (Phi) is 4.06. The normalized spacial score (nSPS) is 23.1. The maximum absolute atomic E-state index is 12.9. The van der Waals surface area contributed by atoms with E-state index in [9.17, 15) is 14.0 Å². The molecule has 1 fully saturated rings. The summed E-state index contributed by atoms with van der Waals surface area (Å²) in [5, 5.41) is 2.70. The van der Waals surface area contributed by atoms with E-state index in [0.29, 0.717) is 6.54 Å². The van der Waals surface area contributed by atoms with E-state index in [1.54, 1.807) is 24.0 Å². The quantitative estimate of drug-likeness (QED) is 0.915. The van der Waals surface area contributed by atoms with Gasteiger partial charge in [0.25, 0.3) is 0 Å². The second kappa shape index (κ2) is 5.61. The zero-order chi connectivity index (χ0) is 14.9. The summed E-state index contributed by atoms with van der Waals surface area (Å²) in [6, 6.07) is 4.99. The number of nitrogens with zero attached hydrogens (tertiary/aromatic N) is 1. The number of nitrogens with one attached hydrogen (secondary N) is 1. The first-order chi connectivity index (χ1) is 9.40. The third kappa shape index (κ3) is 2.81.